The van der Waals surface area contributed by atoms with E-state index in [2.05, 4.69) is 10.6 Å². The lowest BCUT2D eigenvalue weighted by molar-refractivity contribution is -0.125. The highest BCUT2D eigenvalue weighted by Gasteiger charge is 2.47. The molecule has 2 unspecified atom stereocenters. The van der Waals surface area contributed by atoms with E-state index < -0.39 is 0 Å². The number of halogens is 2. The number of nitrogens with one attached hydrogen (secondary N) is 2. The lowest BCUT2D eigenvalue weighted by atomic mass is 10.1. The first-order chi connectivity index (χ1) is 13.0. The summed E-state index contributed by atoms with van der Waals surface area (Å²) in [7, 11) is 1.52. The Morgan fingerprint density at radius 2 is 1.85 bits per heavy atom. The summed E-state index contributed by atoms with van der Waals surface area (Å²) in [4.78, 5) is 24.4. The van der Waals surface area contributed by atoms with Crippen LogP contribution in [0.25, 0.3) is 0 Å². The van der Waals surface area contributed by atoms with Gasteiger partial charge in [0.05, 0.1) is 24.0 Å². The third-order valence-electron chi connectivity index (χ3n) is 4.51. The Balaban J connectivity index is 1.44. The number of benzene rings is 2. The number of rotatable bonds is 7. The first-order valence-corrected chi connectivity index (χ1v) is 9.02. The van der Waals surface area contributed by atoms with Crippen LogP contribution >= 0.6 is 11.6 Å². The average Bonchev–Trinajstić information content (AvgIpc) is 3.44. The van der Waals surface area contributed by atoms with Crippen LogP contribution in [0.5, 0.6) is 5.75 Å². The molecule has 3 rings (SSSR count). The molecular weight excluding hydrogens is 371 g/mol. The molecule has 0 aliphatic heterocycles. The van der Waals surface area contributed by atoms with Gasteiger partial charge in [-0.2, -0.15) is 0 Å². The fraction of sp³-hybridized carbons (Fsp3) is 0.300. The maximum Gasteiger partial charge on any atom is 0.228 e. The molecule has 0 saturated heterocycles. The predicted octanol–water partition coefficient (Wildman–Crippen LogP) is 3.42. The van der Waals surface area contributed by atoms with Gasteiger partial charge in [-0.3, -0.25) is 9.59 Å². The summed E-state index contributed by atoms with van der Waals surface area (Å²) in [6, 6.07) is 11.1. The van der Waals surface area contributed by atoms with Crippen molar-refractivity contribution in [3.63, 3.8) is 0 Å². The Morgan fingerprint density at radius 1 is 1.15 bits per heavy atom. The normalized spacial score (nSPS) is 17.9. The second kappa shape index (κ2) is 8.39. The highest BCUT2D eigenvalue weighted by Crippen LogP contribution is 2.39. The van der Waals surface area contributed by atoms with Crippen molar-refractivity contribution in [2.45, 2.75) is 12.8 Å². The van der Waals surface area contributed by atoms with Gasteiger partial charge in [-0.1, -0.05) is 23.7 Å². The number of carbonyl (C=O) groups is 2. The average molecular weight is 391 g/mol. The van der Waals surface area contributed by atoms with Crippen molar-refractivity contribution >= 4 is 29.1 Å². The standard InChI is InChI=1S/C20H20ClFN2O3/c1-27-18-7-6-14(10-17(18)21)24-20(26)16-11-15(16)19(25)23-9-8-12-2-4-13(22)5-3-12/h2-7,10,15-16H,8-9,11H2,1H3,(H,23,25)(H,24,26). The van der Waals surface area contributed by atoms with Crippen LogP contribution in [0.15, 0.2) is 42.5 Å². The van der Waals surface area contributed by atoms with Gasteiger partial charge in [-0.15, -0.1) is 0 Å². The summed E-state index contributed by atoms with van der Waals surface area (Å²) in [5.41, 5.74) is 1.51. The maximum atomic E-state index is 12.9. The molecule has 0 heterocycles. The summed E-state index contributed by atoms with van der Waals surface area (Å²) in [5.74, 6) is -0.740. The molecule has 1 fully saturated rings. The smallest absolute Gasteiger partial charge is 0.228 e. The molecule has 2 aromatic carbocycles. The van der Waals surface area contributed by atoms with Crippen LogP contribution in [-0.4, -0.2) is 25.5 Å². The molecule has 1 saturated carbocycles. The predicted molar refractivity (Wildman–Crippen MR) is 101 cm³/mol. The van der Waals surface area contributed by atoms with Gasteiger partial charge in [0.2, 0.25) is 11.8 Å². The Labute approximate surface area is 161 Å². The number of carbonyl (C=O) groups excluding carboxylic acids is 2. The van der Waals surface area contributed by atoms with Gasteiger partial charge >= 0.3 is 0 Å². The van der Waals surface area contributed by atoms with Crippen LogP contribution in [0.2, 0.25) is 5.02 Å². The SMILES string of the molecule is COc1ccc(NC(=O)C2CC2C(=O)NCCc2ccc(F)cc2)cc1Cl. The number of hydrogen-bond donors (Lipinski definition) is 2. The molecule has 1 aliphatic carbocycles. The molecule has 2 N–H and O–H groups in total. The summed E-state index contributed by atoms with van der Waals surface area (Å²) in [6.07, 6.45) is 1.14. The van der Waals surface area contributed by atoms with Crippen molar-refractivity contribution in [1.82, 2.24) is 5.32 Å². The minimum Gasteiger partial charge on any atom is -0.495 e. The van der Waals surface area contributed by atoms with Gasteiger partial charge in [0, 0.05) is 12.2 Å². The third-order valence-corrected chi connectivity index (χ3v) is 4.80. The first kappa shape index (κ1) is 19.2. The third kappa shape index (κ3) is 4.98. The van der Waals surface area contributed by atoms with Crippen LogP contribution in [0.4, 0.5) is 10.1 Å². The largest absolute Gasteiger partial charge is 0.495 e. The van der Waals surface area contributed by atoms with Crippen LogP contribution in [0, 0.1) is 17.7 Å². The van der Waals surface area contributed by atoms with Gasteiger partial charge in [-0.05, 0) is 48.7 Å². The van der Waals surface area contributed by atoms with Crippen molar-refractivity contribution in [2.75, 3.05) is 19.0 Å². The zero-order chi connectivity index (χ0) is 19.4. The Hall–Kier alpha value is -2.60. The van der Waals surface area contributed by atoms with E-state index in [-0.39, 0.29) is 29.5 Å². The van der Waals surface area contributed by atoms with E-state index in [9.17, 15) is 14.0 Å². The lowest BCUT2D eigenvalue weighted by Gasteiger charge is -2.08. The molecule has 0 aromatic heterocycles. The van der Waals surface area contributed by atoms with Gasteiger partial charge in [0.25, 0.3) is 0 Å². The van der Waals surface area contributed by atoms with E-state index in [1.54, 1.807) is 30.3 Å². The van der Waals surface area contributed by atoms with E-state index >= 15 is 0 Å². The molecule has 142 valence electrons. The Bertz CT molecular complexity index is 842. The molecule has 0 radical (unpaired) electrons. The molecule has 27 heavy (non-hydrogen) atoms. The van der Waals surface area contributed by atoms with Gasteiger partial charge < -0.3 is 15.4 Å². The maximum absolute atomic E-state index is 12.9. The van der Waals surface area contributed by atoms with Crippen molar-refractivity contribution in [3.8, 4) is 5.75 Å². The van der Waals surface area contributed by atoms with Crippen molar-refractivity contribution in [2.24, 2.45) is 11.8 Å². The second-order valence-electron chi connectivity index (χ2n) is 6.45. The number of ether oxygens (including phenoxy) is 1. The summed E-state index contributed by atoms with van der Waals surface area (Å²) < 4.78 is 17.9. The van der Waals surface area contributed by atoms with Crippen molar-refractivity contribution in [1.29, 1.82) is 0 Å². The summed E-state index contributed by atoms with van der Waals surface area (Å²) >= 11 is 6.04. The van der Waals surface area contributed by atoms with Crippen LogP contribution < -0.4 is 15.4 Å². The van der Waals surface area contributed by atoms with Crippen molar-refractivity contribution < 1.29 is 18.7 Å². The highest BCUT2D eigenvalue weighted by atomic mass is 35.5. The van der Waals surface area contributed by atoms with Gasteiger partial charge in [0.15, 0.2) is 0 Å². The fourth-order valence-corrected chi connectivity index (χ4v) is 3.12. The molecule has 7 heteroatoms. The Morgan fingerprint density at radius 3 is 2.52 bits per heavy atom. The van der Waals surface area contributed by atoms with E-state index in [0.717, 1.165) is 5.56 Å². The van der Waals surface area contributed by atoms with E-state index in [0.29, 0.717) is 35.8 Å². The first-order valence-electron chi connectivity index (χ1n) is 8.64. The monoisotopic (exact) mass is 390 g/mol. The number of anilines is 1. The lowest BCUT2D eigenvalue weighted by Crippen LogP contribution is -2.29. The topological polar surface area (TPSA) is 67.4 Å². The number of hydrogen-bond acceptors (Lipinski definition) is 3. The highest BCUT2D eigenvalue weighted by molar-refractivity contribution is 6.32. The minimum atomic E-state index is -0.336. The Kier molecular flexibility index (Phi) is 5.96. The number of methoxy groups -OCH3 is 1. The van der Waals surface area contributed by atoms with Gasteiger partial charge in [-0.25, -0.2) is 4.39 Å². The minimum absolute atomic E-state index is 0.134. The molecule has 2 atom stereocenters. The summed E-state index contributed by atoms with van der Waals surface area (Å²) in [5, 5.41) is 6.01. The molecular formula is C20H20ClFN2O3. The van der Waals surface area contributed by atoms with E-state index in [1.807, 2.05) is 0 Å². The quantitative estimate of drug-likeness (QED) is 0.761. The van der Waals surface area contributed by atoms with Crippen LogP contribution in [0.1, 0.15) is 12.0 Å². The molecule has 0 bridgehead atoms. The van der Waals surface area contributed by atoms with Crippen molar-refractivity contribution in [3.05, 3.63) is 58.9 Å². The molecule has 2 amide bonds. The summed E-state index contributed by atoms with van der Waals surface area (Å²) in [6.45, 7) is 0.448. The van der Waals surface area contributed by atoms with E-state index in [1.165, 1.54) is 19.2 Å². The van der Waals surface area contributed by atoms with E-state index in [4.69, 9.17) is 16.3 Å². The fourth-order valence-electron chi connectivity index (χ4n) is 2.87. The van der Waals surface area contributed by atoms with Gasteiger partial charge in [0.1, 0.15) is 11.6 Å². The molecule has 1 aliphatic rings. The molecule has 5 nitrogen and oxygen atoms in total. The zero-order valence-electron chi connectivity index (χ0n) is 14.8. The van der Waals surface area contributed by atoms with Crippen LogP contribution in [0.3, 0.4) is 0 Å². The van der Waals surface area contributed by atoms with Crippen LogP contribution in [-0.2, 0) is 16.0 Å². The molecule has 0 spiro atoms. The molecule has 2 aromatic rings. The number of amides is 2. The zero-order valence-corrected chi connectivity index (χ0v) is 15.6. The second-order valence-corrected chi connectivity index (χ2v) is 6.86.